The first-order chi connectivity index (χ1) is 7.59. The number of nitrogens with two attached hydrogens (primary N) is 1. The average molecular weight is 225 g/mol. The molecule has 1 aromatic rings. The van der Waals surface area contributed by atoms with Gasteiger partial charge in [-0.15, -0.1) is 0 Å². The first-order valence-corrected chi connectivity index (χ1v) is 5.26. The number of unbranched alkanes of at least 4 members (excludes halogenated alkanes) is 1. The molecule has 0 amide bonds. The van der Waals surface area contributed by atoms with Gasteiger partial charge < -0.3 is 15.9 Å². The van der Waals surface area contributed by atoms with Crippen LogP contribution in [0.4, 0.5) is 0 Å². The second kappa shape index (κ2) is 6.07. The Bertz CT molecular complexity index is 355. The lowest BCUT2D eigenvalue weighted by molar-refractivity contribution is -0.697. The maximum absolute atomic E-state index is 10.4. The van der Waals surface area contributed by atoms with E-state index in [9.17, 15) is 9.90 Å². The van der Waals surface area contributed by atoms with Crippen LogP contribution in [0.15, 0.2) is 24.5 Å². The molecule has 0 aromatic carbocycles. The highest BCUT2D eigenvalue weighted by Crippen LogP contribution is 2.02. The quantitative estimate of drug-likeness (QED) is 0.479. The molecular formula is C11H17N2O3+. The van der Waals surface area contributed by atoms with Crippen LogP contribution < -0.4 is 10.3 Å². The third kappa shape index (κ3) is 4.27. The normalized spacial score (nSPS) is 12.3. The fourth-order valence-corrected chi connectivity index (χ4v) is 1.43. The summed E-state index contributed by atoms with van der Waals surface area (Å²) in [6.45, 7) is 0.751. The Kier molecular flexibility index (Phi) is 4.72. The molecule has 0 fully saturated rings. The van der Waals surface area contributed by atoms with Gasteiger partial charge in [0.2, 0.25) is 6.20 Å². The summed E-state index contributed by atoms with van der Waals surface area (Å²) >= 11 is 0. The zero-order valence-electron chi connectivity index (χ0n) is 9.04. The fourth-order valence-electron chi connectivity index (χ4n) is 1.43. The van der Waals surface area contributed by atoms with Crippen LogP contribution in [-0.2, 0) is 11.3 Å². The number of aromatic nitrogens is 1. The van der Waals surface area contributed by atoms with Gasteiger partial charge in [0.15, 0.2) is 11.9 Å². The summed E-state index contributed by atoms with van der Waals surface area (Å²) in [5.41, 5.74) is 5.37. The molecule has 1 aromatic heterocycles. The van der Waals surface area contributed by atoms with E-state index in [-0.39, 0.29) is 5.75 Å². The van der Waals surface area contributed by atoms with E-state index in [2.05, 4.69) is 0 Å². The summed E-state index contributed by atoms with van der Waals surface area (Å²) in [6, 6.07) is 2.60. The van der Waals surface area contributed by atoms with Crippen LogP contribution >= 0.6 is 0 Å². The molecule has 0 aliphatic carbocycles. The minimum Gasteiger partial charge on any atom is -0.503 e. The number of aromatic hydroxyl groups is 1. The molecule has 1 heterocycles. The SMILES string of the molecule is NC(CCCC[n+]1cccc(O)c1)C(=O)O. The van der Waals surface area contributed by atoms with E-state index in [0.29, 0.717) is 6.42 Å². The van der Waals surface area contributed by atoms with E-state index in [4.69, 9.17) is 10.8 Å². The summed E-state index contributed by atoms with van der Waals surface area (Å²) in [4.78, 5) is 10.4. The number of pyridine rings is 1. The molecular weight excluding hydrogens is 208 g/mol. The first kappa shape index (κ1) is 12.4. The molecule has 4 N–H and O–H groups in total. The van der Waals surface area contributed by atoms with Gasteiger partial charge >= 0.3 is 5.97 Å². The number of carbonyl (C=O) groups is 1. The highest BCUT2D eigenvalue weighted by atomic mass is 16.4. The van der Waals surface area contributed by atoms with Crippen LogP contribution in [0.5, 0.6) is 5.75 Å². The zero-order chi connectivity index (χ0) is 12.0. The van der Waals surface area contributed by atoms with E-state index >= 15 is 0 Å². The van der Waals surface area contributed by atoms with Gasteiger partial charge in [-0.1, -0.05) is 0 Å². The number of aliphatic carboxylic acids is 1. The van der Waals surface area contributed by atoms with Crippen molar-refractivity contribution in [1.29, 1.82) is 0 Å². The molecule has 0 radical (unpaired) electrons. The van der Waals surface area contributed by atoms with Gasteiger partial charge in [-0.25, -0.2) is 4.57 Å². The van der Waals surface area contributed by atoms with Crippen molar-refractivity contribution in [2.24, 2.45) is 5.73 Å². The van der Waals surface area contributed by atoms with E-state index in [1.165, 1.54) is 0 Å². The number of carboxylic acid groups (broad SMARTS) is 1. The number of hydrogen-bond donors (Lipinski definition) is 3. The second-order valence-electron chi connectivity index (χ2n) is 3.74. The lowest BCUT2D eigenvalue weighted by Gasteiger charge is -2.04. The maximum atomic E-state index is 10.4. The fraction of sp³-hybridized carbons (Fsp3) is 0.455. The van der Waals surface area contributed by atoms with Crippen molar-refractivity contribution in [2.45, 2.75) is 31.8 Å². The van der Waals surface area contributed by atoms with Crippen molar-refractivity contribution in [1.82, 2.24) is 0 Å². The molecule has 0 spiro atoms. The second-order valence-corrected chi connectivity index (χ2v) is 3.74. The van der Waals surface area contributed by atoms with E-state index in [1.807, 2.05) is 10.8 Å². The zero-order valence-corrected chi connectivity index (χ0v) is 9.04. The highest BCUT2D eigenvalue weighted by Gasteiger charge is 2.10. The Hall–Kier alpha value is -1.62. The minimum atomic E-state index is -0.954. The van der Waals surface area contributed by atoms with Gasteiger partial charge in [0.25, 0.3) is 0 Å². The molecule has 5 nitrogen and oxygen atoms in total. The third-order valence-electron chi connectivity index (χ3n) is 2.34. The van der Waals surface area contributed by atoms with E-state index in [0.717, 1.165) is 19.4 Å². The molecule has 0 aliphatic heterocycles. The van der Waals surface area contributed by atoms with Gasteiger partial charge in [0.05, 0.1) is 0 Å². The molecule has 0 saturated heterocycles. The van der Waals surface area contributed by atoms with Crippen LogP contribution in [0, 0.1) is 0 Å². The number of rotatable bonds is 6. The highest BCUT2D eigenvalue weighted by molar-refractivity contribution is 5.72. The number of aryl methyl sites for hydroxylation is 1. The monoisotopic (exact) mass is 225 g/mol. The Balaban J connectivity index is 2.23. The molecule has 5 heteroatoms. The molecule has 0 bridgehead atoms. The number of hydrogen-bond acceptors (Lipinski definition) is 3. The van der Waals surface area contributed by atoms with Crippen LogP contribution in [0.2, 0.25) is 0 Å². The van der Waals surface area contributed by atoms with Crippen LogP contribution in [0.25, 0.3) is 0 Å². The van der Waals surface area contributed by atoms with Gasteiger partial charge in [0.1, 0.15) is 12.6 Å². The molecule has 1 rings (SSSR count). The predicted molar refractivity (Wildman–Crippen MR) is 57.8 cm³/mol. The van der Waals surface area contributed by atoms with Gasteiger partial charge in [-0.3, -0.25) is 4.79 Å². The Morgan fingerprint density at radius 3 is 2.88 bits per heavy atom. The number of carboxylic acids is 1. The summed E-state index contributed by atoms with van der Waals surface area (Å²) in [6.07, 6.45) is 5.58. The molecule has 1 atom stereocenters. The minimum absolute atomic E-state index is 0.227. The van der Waals surface area contributed by atoms with Crippen molar-refractivity contribution >= 4 is 5.97 Å². The standard InChI is InChI=1S/C11H16N2O3/c12-10(11(15)16)5-1-2-6-13-7-3-4-9(14)8-13/h3-4,7-8,10H,1-2,5-6,12H2,(H-,14,15,16)/p+1. The average Bonchev–Trinajstić information content (AvgIpc) is 2.24. The van der Waals surface area contributed by atoms with E-state index in [1.54, 1.807) is 18.3 Å². The predicted octanol–water partition coefficient (Wildman–Crippen LogP) is 0.262. The lowest BCUT2D eigenvalue weighted by Crippen LogP contribution is -2.33. The summed E-state index contributed by atoms with van der Waals surface area (Å²) in [5, 5.41) is 17.8. The Morgan fingerprint density at radius 2 is 2.25 bits per heavy atom. The smallest absolute Gasteiger partial charge is 0.320 e. The summed E-state index contributed by atoms with van der Waals surface area (Å²) in [5.74, 6) is -0.727. The van der Waals surface area contributed by atoms with Crippen molar-refractivity contribution < 1.29 is 19.6 Å². The molecule has 1 unspecified atom stereocenters. The summed E-state index contributed by atoms with van der Waals surface area (Å²) in [7, 11) is 0. The Labute approximate surface area is 94.1 Å². The molecule has 88 valence electrons. The molecule has 0 aliphatic rings. The topological polar surface area (TPSA) is 87.4 Å². The van der Waals surface area contributed by atoms with Crippen LogP contribution in [-0.4, -0.2) is 22.2 Å². The van der Waals surface area contributed by atoms with E-state index < -0.39 is 12.0 Å². The van der Waals surface area contributed by atoms with Crippen molar-refractivity contribution in [2.75, 3.05) is 0 Å². The van der Waals surface area contributed by atoms with Crippen LogP contribution in [0.3, 0.4) is 0 Å². The molecule has 0 saturated carbocycles. The van der Waals surface area contributed by atoms with Gasteiger partial charge in [0, 0.05) is 12.5 Å². The maximum Gasteiger partial charge on any atom is 0.320 e. The number of nitrogens with zero attached hydrogens (tertiary/aromatic N) is 1. The first-order valence-electron chi connectivity index (χ1n) is 5.26. The van der Waals surface area contributed by atoms with Gasteiger partial charge in [-0.2, -0.15) is 0 Å². The van der Waals surface area contributed by atoms with Gasteiger partial charge in [-0.05, 0) is 18.9 Å². The van der Waals surface area contributed by atoms with Crippen molar-refractivity contribution in [3.05, 3.63) is 24.5 Å². The largest absolute Gasteiger partial charge is 0.503 e. The third-order valence-corrected chi connectivity index (χ3v) is 2.34. The van der Waals surface area contributed by atoms with Crippen molar-refractivity contribution in [3.63, 3.8) is 0 Å². The van der Waals surface area contributed by atoms with Crippen molar-refractivity contribution in [3.8, 4) is 5.75 Å². The van der Waals surface area contributed by atoms with Crippen LogP contribution in [0.1, 0.15) is 19.3 Å². The molecule has 16 heavy (non-hydrogen) atoms. The Morgan fingerprint density at radius 1 is 1.50 bits per heavy atom. The summed E-state index contributed by atoms with van der Waals surface area (Å²) < 4.78 is 1.86. The lowest BCUT2D eigenvalue weighted by atomic mass is 10.1.